The van der Waals surface area contributed by atoms with Gasteiger partial charge in [0.15, 0.2) is 0 Å². The van der Waals surface area contributed by atoms with E-state index in [0.29, 0.717) is 12.0 Å². The number of hydrogen-bond acceptors (Lipinski definition) is 3. The van der Waals surface area contributed by atoms with Gasteiger partial charge >= 0.3 is 0 Å². The molecule has 0 spiro atoms. The van der Waals surface area contributed by atoms with Crippen molar-refractivity contribution < 1.29 is 4.74 Å². The second-order valence-corrected chi connectivity index (χ2v) is 8.16. The first-order valence-corrected chi connectivity index (χ1v) is 10.2. The van der Waals surface area contributed by atoms with Crippen molar-refractivity contribution in [1.29, 1.82) is 0 Å². The molecule has 2 aliphatic rings. The summed E-state index contributed by atoms with van der Waals surface area (Å²) in [6, 6.07) is 11.1. The molecule has 0 aliphatic carbocycles. The maximum atomic E-state index is 5.84. The lowest BCUT2D eigenvalue weighted by Crippen LogP contribution is -2.36. The zero-order valence-electron chi connectivity index (χ0n) is 16.2. The van der Waals surface area contributed by atoms with E-state index in [9.17, 15) is 0 Å². The second kappa shape index (κ2) is 7.93. The van der Waals surface area contributed by atoms with Crippen LogP contribution in [0.1, 0.15) is 61.7 Å². The zero-order valence-corrected chi connectivity index (χ0v) is 16.2. The molecule has 1 saturated heterocycles. The van der Waals surface area contributed by atoms with Crippen LogP contribution in [0, 0.1) is 5.92 Å². The molecule has 4 heteroatoms. The van der Waals surface area contributed by atoms with Gasteiger partial charge in [0.25, 0.3) is 0 Å². The average molecular weight is 354 g/mol. The third-order valence-corrected chi connectivity index (χ3v) is 5.63. The van der Waals surface area contributed by atoms with Gasteiger partial charge in [-0.3, -0.25) is 9.58 Å². The van der Waals surface area contributed by atoms with Crippen LogP contribution in [0.3, 0.4) is 0 Å². The van der Waals surface area contributed by atoms with Gasteiger partial charge in [0.05, 0.1) is 31.5 Å². The van der Waals surface area contributed by atoms with Crippen LogP contribution in [-0.2, 0) is 24.3 Å². The fraction of sp³-hybridized carbons (Fsp3) is 0.591. The predicted molar refractivity (Wildman–Crippen MR) is 104 cm³/mol. The largest absolute Gasteiger partial charge is 0.376 e. The number of nitrogens with zero attached hydrogens (tertiary/aromatic N) is 3. The van der Waals surface area contributed by atoms with E-state index in [1.54, 1.807) is 0 Å². The summed E-state index contributed by atoms with van der Waals surface area (Å²) >= 11 is 0. The Morgan fingerprint density at radius 3 is 2.85 bits per heavy atom. The maximum Gasteiger partial charge on any atom is 0.0854 e. The molecule has 26 heavy (non-hydrogen) atoms. The van der Waals surface area contributed by atoms with E-state index in [0.717, 1.165) is 32.7 Å². The Balaban J connectivity index is 1.67. The summed E-state index contributed by atoms with van der Waals surface area (Å²) in [5.74, 6) is 0.689. The van der Waals surface area contributed by atoms with Crippen molar-refractivity contribution in [3.63, 3.8) is 0 Å². The number of aromatic nitrogens is 2. The third-order valence-electron chi connectivity index (χ3n) is 5.63. The first-order chi connectivity index (χ1) is 12.7. The molecular weight excluding hydrogens is 322 g/mol. The highest BCUT2D eigenvalue weighted by Gasteiger charge is 2.32. The highest BCUT2D eigenvalue weighted by atomic mass is 16.5. The fourth-order valence-corrected chi connectivity index (χ4v) is 4.48. The molecule has 0 radical (unpaired) electrons. The number of likely N-dealkylation sites (tertiary alicyclic amines) is 1. The normalized spacial score (nSPS) is 21.1. The van der Waals surface area contributed by atoms with Gasteiger partial charge in [-0.25, -0.2) is 0 Å². The minimum absolute atomic E-state index is 0.457. The van der Waals surface area contributed by atoms with Crippen LogP contribution in [0.2, 0.25) is 0 Å². The highest BCUT2D eigenvalue weighted by Crippen LogP contribution is 2.35. The molecule has 0 N–H and O–H groups in total. The lowest BCUT2D eigenvalue weighted by Gasteiger charge is -2.36. The number of piperidine rings is 1. The van der Waals surface area contributed by atoms with Gasteiger partial charge in [0.1, 0.15) is 0 Å². The molecule has 1 aromatic carbocycles. The van der Waals surface area contributed by atoms with Crippen molar-refractivity contribution in [2.24, 2.45) is 5.92 Å². The van der Waals surface area contributed by atoms with Crippen molar-refractivity contribution in [2.45, 2.75) is 58.7 Å². The monoisotopic (exact) mass is 353 g/mol. The summed E-state index contributed by atoms with van der Waals surface area (Å²) in [5, 5.41) is 5.16. The molecule has 4 nitrogen and oxygen atoms in total. The van der Waals surface area contributed by atoms with E-state index in [1.807, 2.05) is 0 Å². The lowest BCUT2D eigenvalue weighted by molar-refractivity contribution is 0.101. The molecule has 1 fully saturated rings. The van der Waals surface area contributed by atoms with E-state index in [-0.39, 0.29) is 0 Å². The molecule has 140 valence electrons. The van der Waals surface area contributed by atoms with Crippen LogP contribution in [0.15, 0.2) is 30.3 Å². The Morgan fingerprint density at radius 1 is 1.19 bits per heavy atom. The summed E-state index contributed by atoms with van der Waals surface area (Å²) in [6.45, 7) is 9.39. The molecule has 0 amide bonds. The molecule has 0 saturated carbocycles. The maximum absolute atomic E-state index is 5.84. The Bertz CT molecular complexity index is 722. The first-order valence-electron chi connectivity index (χ1n) is 10.2. The van der Waals surface area contributed by atoms with E-state index in [2.05, 4.69) is 53.8 Å². The van der Waals surface area contributed by atoms with Gasteiger partial charge in [-0.15, -0.1) is 0 Å². The summed E-state index contributed by atoms with van der Waals surface area (Å²) in [7, 11) is 0. The Kier molecular flexibility index (Phi) is 5.41. The number of ether oxygens (including phenoxy) is 1. The van der Waals surface area contributed by atoms with Gasteiger partial charge in [0, 0.05) is 24.2 Å². The van der Waals surface area contributed by atoms with Gasteiger partial charge in [0.2, 0.25) is 0 Å². The van der Waals surface area contributed by atoms with Crippen molar-refractivity contribution in [2.75, 3.05) is 19.7 Å². The summed E-state index contributed by atoms with van der Waals surface area (Å²) in [6.07, 6.45) is 4.82. The second-order valence-electron chi connectivity index (χ2n) is 8.16. The Hall–Kier alpha value is -1.65. The van der Waals surface area contributed by atoms with Crippen molar-refractivity contribution in [3.8, 4) is 0 Å². The van der Waals surface area contributed by atoms with E-state index < -0.39 is 0 Å². The van der Waals surface area contributed by atoms with Crippen LogP contribution in [0.25, 0.3) is 0 Å². The minimum Gasteiger partial charge on any atom is -0.376 e. The summed E-state index contributed by atoms with van der Waals surface area (Å²) in [4.78, 5) is 2.66. The third kappa shape index (κ3) is 3.72. The molecule has 0 bridgehead atoms. The Morgan fingerprint density at radius 2 is 2.04 bits per heavy atom. The molecule has 1 atom stereocenters. The van der Waals surface area contributed by atoms with Crippen LogP contribution in [-0.4, -0.2) is 34.4 Å². The molecule has 1 unspecified atom stereocenters. The van der Waals surface area contributed by atoms with Crippen molar-refractivity contribution in [3.05, 3.63) is 52.8 Å². The summed E-state index contributed by atoms with van der Waals surface area (Å²) in [5.41, 5.74) is 5.37. The molecule has 4 rings (SSSR count). The molecule has 2 aromatic rings. The van der Waals surface area contributed by atoms with E-state index in [1.165, 1.54) is 48.3 Å². The molecule has 3 heterocycles. The molecule has 2 aliphatic heterocycles. The van der Waals surface area contributed by atoms with Gasteiger partial charge in [-0.1, -0.05) is 50.6 Å². The first kappa shape index (κ1) is 17.7. The number of hydrogen-bond donors (Lipinski definition) is 0. The van der Waals surface area contributed by atoms with Crippen LogP contribution < -0.4 is 0 Å². The van der Waals surface area contributed by atoms with E-state index in [4.69, 9.17) is 9.84 Å². The zero-order chi connectivity index (χ0) is 17.9. The quantitative estimate of drug-likeness (QED) is 0.807. The Labute approximate surface area is 157 Å². The molecule has 1 aromatic heterocycles. The lowest BCUT2D eigenvalue weighted by atomic mass is 9.94. The predicted octanol–water partition coefficient (Wildman–Crippen LogP) is 4.19. The number of benzene rings is 1. The number of rotatable bonds is 5. The standard InChI is InChI=1S/C22H31N3O/c1-17(2)14-24-12-7-6-10-21(24)22-19-16-26-13-11-20(19)25(23-22)15-18-8-4-3-5-9-18/h3-5,8-9,17,21H,6-7,10-16H2,1-2H3. The average Bonchev–Trinajstić information content (AvgIpc) is 3.01. The van der Waals surface area contributed by atoms with Gasteiger partial charge in [-0.05, 0) is 30.9 Å². The van der Waals surface area contributed by atoms with Gasteiger partial charge < -0.3 is 4.74 Å². The smallest absolute Gasteiger partial charge is 0.0854 e. The number of fused-ring (bicyclic) bond motifs is 1. The van der Waals surface area contributed by atoms with Crippen LogP contribution in [0.4, 0.5) is 0 Å². The molecular formula is C22H31N3O. The van der Waals surface area contributed by atoms with Crippen molar-refractivity contribution >= 4 is 0 Å². The highest BCUT2D eigenvalue weighted by molar-refractivity contribution is 5.31. The fourth-order valence-electron chi connectivity index (χ4n) is 4.48. The van der Waals surface area contributed by atoms with Crippen molar-refractivity contribution in [1.82, 2.24) is 14.7 Å². The minimum atomic E-state index is 0.457. The van der Waals surface area contributed by atoms with Crippen LogP contribution >= 0.6 is 0 Å². The SMILES string of the molecule is CC(C)CN1CCCCC1c1nn(Cc2ccccc2)c2c1COCC2. The van der Waals surface area contributed by atoms with Gasteiger partial charge in [-0.2, -0.15) is 5.10 Å². The topological polar surface area (TPSA) is 30.3 Å². The van der Waals surface area contributed by atoms with Crippen LogP contribution in [0.5, 0.6) is 0 Å². The summed E-state index contributed by atoms with van der Waals surface area (Å²) < 4.78 is 8.09. The van der Waals surface area contributed by atoms with E-state index >= 15 is 0 Å².